The van der Waals surface area contributed by atoms with E-state index >= 15 is 0 Å². The van der Waals surface area contributed by atoms with Gasteiger partial charge < -0.3 is 15.5 Å². The van der Waals surface area contributed by atoms with E-state index in [9.17, 15) is 4.79 Å². The predicted molar refractivity (Wildman–Crippen MR) is 105 cm³/mol. The summed E-state index contributed by atoms with van der Waals surface area (Å²) in [5.41, 5.74) is 9.26. The summed E-state index contributed by atoms with van der Waals surface area (Å²) >= 11 is 0. The maximum Gasteiger partial charge on any atom is 0.229 e. The summed E-state index contributed by atoms with van der Waals surface area (Å²) in [4.78, 5) is 16.7. The van der Waals surface area contributed by atoms with Crippen LogP contribution in [0.2, 0.25) is 0 Å². The Morgan fingerprint density at radius 3 is 2.25 bits per heavy atom. The molecule has 2 N–H and O–H groups in total. The van der Waals surface area contributed by atoms with Gasteiger partial charge >= 0.3 is 0 Å². The molecule has 0 saturated carbocycles. The molecule has 1 aliphatic heterocycles. The Morgan fingerprint density at radius 2 is 1.58 bits per heavy atom. The van der Waals surface area contributed by atoms with Crippen molar-refractivity contribution >= 4 is 42.1 Å². The van der Waals surface area contributed by atoms with Gasteiger partial charge in [0.15, 0.2) is 0 Å². The predicted octanol–water partition coefficient (Wildman–Crippen LogP) is 3.40. The molecule has 2 aromatic carbocycles. The Morgan fingerprint density at radius 1 is 1.00 bits per heavy atom. The number of nitrogens with two attached hydrogens (primary N) is 1. The number of rotatable bonds is 3. The molecule has 6 heteroatoms. The number of halogens is 2. The average Bonchev–Trinajstić information content (AvgIpc) is 2.56. The van der Waals surface area contributed by atoms with Crippen molar-refractivity contribution < 1.29 is 4.79 Å². The van der Waals surface area contributed by atoms with Gasteiger partial charge in [0.1, 0.15) is 0 Å². The fraction of sp³-hybridized carbons (Fsp3) is 0.278. The Kier molecular flexibility index (Phi) is 7.55. The monoisotopic (exact) mass is 367 g/mol. The molecule has 0 radical (unpaired) electrons. The number of anilines is 2. The molecule has 4 nitrogen and oxygen atoms in total. The van der Waals surface area contributed by atoms with Crippen molar-refractivity contribution in [3.63, 3.8) is 0 Å². The molecule has 1 unspecified atom stereocenters. The Hall–Kier alpha value is -1.75. The average molecular weight is 368 g/mol. The molecule has 24 heavy (non-hydrogen) atoms. The highest BCUT2D eigenvalue weighted by molar-refractivity contribution is 5.98. The first-order chi connectivity index (χ1) is 10.7. The van der Waals surface area contributed by atoms with Crippen molar-refractivity contribution in [3.8, 4) is 0 Å². The summed E-state index contributed by atoms with van der Waals surface area (Å²) in [7, 11) is 2.05. The quantitative estimate of drug-likeness (QED) is 0.904. The summed E-state index contributed by atoms with van der Waals surface area (Å²) in [5.74, 6) is 0.0805. The smallest absolute Gasteiger partial charge is 0.229 e. The van der Waals surface area contributed by atoms with E-state index < -0.39 is 0 Å². The maximum atomic E-state index is 12.7. The fourth-order valence-electron chi connectivity index (χ4n) is 2.88. The third-order valence-corrected chi connectivity index (χ3v) is 4.17. The summed E-state index contributed by atoms with van der Waals surface area (Å²) in [6.07, 6.45) is 0.321. The summed E-state index contributed by atoms with van der Waals surface area (Å²) in [6.45, 7) is 1.54. The number of amides is 1. The molecule has 0 bridgehead atoms. The minimum absolute atomic E-state index is 0. The van der Waals surface area contributed by atoms with Crippen molar-refractivity contribution in [1.82, 2.24) is 0 Å². The normalized spacial score (nSPS) is 14.1. The van der Waals surface area contributed by atoms with E-state index in [1.54, 1.807) is 0 Å². The van der Waals surface area contributed by atoms with E-state index in [4.69, 9.17) is 5.73 Å². The fourth-order valence-corrected chi connectivity index (χ4v) is 2.88. The molecular weight excluding hydrogens is 345 g/mol. The Labute approximate surface area is 155 Å². The summed E-state index contributed by atoms with van der Waals surface area (Å²) < 4.78 is 0. The van der Waals surface area contributed by atoms with Gasteiger partial charge in [-0.05, 0) is 17.7 Å². The highest BCUT2D eigenvalue weighted by Crippen LogP contribution is 2.32. The van der Waals surface area contributed by atoms with Crippen LogP contribution >= 0.6 is 24.8 Å². The molecule has 130 valence electrons. The second-order valence-corrected chi connectivity index (χ2v) is 5.68. The zero-order valence-corrected chi connectivity index (χ0v) is 15.2. The van der Waals surface area contributed by atoms with Crippen molar-refractivity contribution in [2.45, 2.75) is 12.5 Å². The van der Waals surface area contributed by atoms with Gasteiger partial charge in [-0.1, -0.05) is 42.5 Å². The SMILES string of the molecule is CN1CCN(C(=O)CC(N)c2ccccc2)c2ccccc21.Cl.Cl. The molecule has 0 aromatic heterocycles. The van der Waals surface area contributed by atoms with E-state index in [0.29, 0.717) is 13.0 Å². The largest absolute Gasteiger partial charge is 0.371 e. The molecule has 0 fully saturated rings. The van der Waals surface area contributed by atoms with Crippen LogP contribution in [-0.4, -0.2) is 26.0 Å². The van der Waals surface area contributed by atoms with Crippen molar-refractivity contribution in [3.05, 3.63) is 60.2 Å². The number of benzene rings is 2. The second-order valence-electron chi connectivity index (χ2n) is 5.68. The lowest BCUT2D eigenvalue weighted by molar-refractivity contribution is -0.119. The van der Waals surface area contributed by atoms with Gasteiger partial charge in [-0.3, -0.25) is 4.79 Å². The first-order valence-electron chi connectivity index (χ1n) is 7.58. The highest BCUT2D eigenvalue weighted by Gasteiger charge is 2.26. The van der Waals surface area contributed by atoms with Gasteiger partial charge in [-0.2, -0.15) is 0 Å². The van der Waals surface area contributed by atoms with Gasteiger partial charge in [0, 0.05) is 32.6 Å². The van der Waals surface area contributed by atoms with Crippen LogP contribution in [0.3, 0.4) is 0 Å². The molecule has 0 aliphatic carbocycles. The van der Waals surface area contributed by atoms with E-state index in [-0.39, 0.29) is 36.8 Å². The molecule has 0 spiro atoms. The lowest BCUT2D eigenvalue weighted by Crippen LogP contribution is -2.43. The van der Waals surface area contributed by atoms with Crippen molar-refractivity contribution in [1.29, 1.82) is 0 Å². The third-order valence-electron chi connectivity index (χ3n) is 4.17. The summed E-state index contributed by atoms with van der Waals surface area (Å²) in [5, 5.41) is 0. The van der Waals surface area contributed by atoms with Crippen LogP contribution < -0.4 is 15.5 Å². The van der Waals surface area contributed by atoms with Gasteiger partial charge in [-0.25, -0.2) is 0 Å². The van der Waals surface area contributed by atoms with E-state index in [0.717, 1.165) is 23.5 Å². The molecule has 1 amide bonds. The van der Waals surface area contributed by atoms with E-state index in [2.05, 4.69) is 11.9 Å². The molecule has 1 heterocycles. The minimum Gasteiger partial charge on any atom is -0.371 e. The lowest BCUT2D eigenvalue weighted by Gasteiger charge is -2.36. The summed E-state index contributed by atoms with van der Waals surface area (Å²) in [6, 6.07) is 17.5. The van der Waals surface area contributed by atoms with Gasteiger partial charge in [0.05, 0.1) is 11.4 Å². The number of carbonyl (C=O) groups is 1. The Balaban J connectivity index is 0.00000144. The second kappa shape index (κ2) is 8.92. The topological polar surface area (TPSA) is 49.6 Å². The number of hydrogen-bond acceptors (Lipinski definition) is 3. The number of likely N-dealkylation sites (N-methyl/N-ethyl adjacent to an activating group) is 1. The van der Waals surface area contributed by atoms with Gasteiger partial charge in [0.2, 0.25) is 5.91 Å². The van der Waals surface area contributed by atoms with Crippen LogP contribution in [0.25, 0.3) is 0 Å². The van der Waals surface area contributed by atoms with Gasteiger partial charge in [0.25, 0.3) is 0 Å². The van der Waals surface area contributed by atoms with Crippen LogP contribution in [0.15, 0.2) is 54.6 Å². The molecule has 3 rings (SSSR count). The number of fused-ring (bicyclic) bond motifs is 1. The number of para-hydroxylation sites is 2. The first-order valence-corrected chi connectivity index (χ1v) is 7.58. The van der Waals surface area contributed by atoms with Crippen LogP contribution in [0.5, 0.6) is 0 Å². The van der Waals surface area contributed by atoms with Crippen molar-refractivity contribution in [2.75, 3.05) is 29.9 Å². The van der Waals surface area contributed by atoms with Gasteiger partial charge in [-0.15, -0.1) is 24.8 Å². The molecule has 1 aliphatic rings. The first kappa shape index (κ1) is 20.3. The molecular formula is C18H23Cl2N3O. The minimum atomic E-state index is -0.263. The number of hydrogen-bond donors (Lipinski definition) is 1. The van der Waals surface area contributed by atoms with Crippen molar-refractivity contribution in [2.24, 2.45) is 5.73 Å². The lowest BCUT2D eigenvalue weighted by atomic mass is 10.0. The van der Waals surface area contributed by atoms with E-state index in [1.807, 2.05) is 59.5 Å². The van der Waals surface area contributed by atoms with Crippen LogP contribution in [0, 0.1) is 0 Å². The zero-order chi connectivity index (χ0) is 15.5. The van der Waals surface area contributed by atoms with Crippen LogP contribution in [0.4, 0.5) is 11.4 Å². The van der Waals surface area contributed by atoms with Crippen LogP contribution in [0.1, 0.15) is 18.0 Å². The maximum absolute atomic E-state index is 12.7. The van der Waals surface area contributed by atoms with E-state index in [1.165, 1.54) is 0 Å². The standard InChI is InChI=1S/C18H21N3O.2ClH/c1-20-11-12-21(17-10-6-5-9-16(17)20)18(22)13-15(19)14-7-3-2-4-8-14;;/h2-10,15H,11-13,19H2,1H3;2*1H. The molecule has 1 atom stereocenters. The molecule has 0 saturated heterocycles. The highest BCUT2D eigenvalue weighted by atomic mass is 35.5. The molecule has 2 aromatic rings. The number of carbonyl (C=O) groups excluding carboxylic acids is 1. The zero-order valence-electron chi connectivity index (χ0n) is 13.6. The number of nitrogens with zero attached hydrogens (tertiary/aromatic N) is 2. The van der Waals surface area contributed by atoms with Crippen LogP contribution in [-0.2, 0) is 4.79 Å². The third kappa shape index (κ3) is 4.20. The Bertz CT molecular complexity index is 666.